The summed E-state index contributed by atoms with van der Waals surface area (Å²) in [6.07, 6.45) is 2.67. The molecule has 1 aliphatic heterocycles. The molecule has 20 heavy (non-hydrogen) atoms. The van der Waals surface area contributed by atoms with Crippen LogP contribution < -0.4 is 0 Å². The zero-order chi connectivity index (χ0) is 14.5. The minimum atomic E-state index is -0.556. The molecule has 1 fully saturated rings. The van der Waals surface area contributed by atoms with Gasteiger partial charge in [0.2, 0.25) is 5.91 Å². The van der Waals surface area contributed by atoms with Crippen LogP contribution in [0.25, 0.3) is 0 Å². The molecule has 0 saturated carbocycles. The van der Waals surface area contributed by atoms with E-state index in [1.165, 1.54) is 7.11 Å². The smallest absolute Gasteiger partial charge is 0.328 e. The van der Waals surface area contributed by atoms with E-state index in [1.54, 1.807) is 11.0 Å². The van der Waals surface area contributed by atoms with Crippen LogP contribution in [0.4, 0.5) is 0 Å². The number of rotatable bonds is 5. The second-order valence-corrected chi connectivity index (χ2v) is 4.97. The van der Waals surface area contributed by atoms with Crippen molar-refractivity contribution in [3.63, 3.8) is 0 Å². The molecule has 2 rings (SSSR count). The number of hydrogen-bond acceptors (Lipinski definition) is 3. The molecule has 2 atom stereocenters. The lowest BCUT2D eigenvalue weighted by Gasteiger charge is -2.26. The molecule has 0 spiro atoms. The summed E-state index contributed by atoms with van der Waals surface area (Å²) < 4.78 is 4.86. The monoisotopic (exact) mass is 273 g/mol. The Morgan fingerprint density at radius 1 is 1.50 bits per heavy atom. The number of amides is 1. The summed E-state index contributed by atoms with van der Waals surface area (Å²) >= 11 is 0. The molecular formula is C16H19NO3. The summed E-state index contributed by atoms with van der Waals surface area (Å²) in [5, 5.41) is 0. The maximum absolute atomic E-state index is 12.1. The van der Waals surface area contributed by atoms with Crippen molar-refractivity contribution in [2.24, 2.45) is 5.92 Å². The van der Waals surface area contributed by atoms with Gasteiger partial charge in [-0.3, -0.25) is 4.79 Å². The summed E-state index contributed by atoms with van der Waals surface area (Å²) in [7, 11) is 1.35. The highest BCUT2D eigenvalue weighted by atomic mass is 16.5. The molecule has 0 N–H and O–H groups in total. The van der Waals surface area contributed by atoms with E-state index < -0.39 is 6.04 Å². The number of nitrogens with zero attached hydrogens (tertiary/aromatic N) is 1. The number of carbonyl (C=O) groups excluding carboxylic acids is 2. The third kappa shape index (κ3) is 3.07. The van der Waals surface area contributed by atoms with Gasteiger partial charge in [0.25, 0.3) is 0 Å². The number of carbonyl (C=O) groups is 2. The second-order valence-electron chi connectivity index (χ2n) is 4.97. The lowest BCUT2D eigenvalue weighted by Crippen LogP contribution is -2.44. The maximum Gasteiger partial charge on any atom is 0.328 e. The molecule has 0 aliphatic carbocycles. The maximum atomic E-state index is 12.1. The predicted molar refractivity (Wildman–Crippen MR) is 76.0 cm³/mol. The fourth-order valence-corrected chi connectivity index (χ4v) is 2.51. The van der Waals surface area contributed by atoms with Crippen molar-refractivity contribution in [1.82, 2.24) is 4.90 Å². The van der Waals surface area contributed by atoms with Crippen LogP contribution in [0.15, 0.2) is 43.0 Å². The molecule has 4 nitrogen and oxygen atoms in total. The fraction of sp³-hybridized carbons (Fsp3) is 0.375. The van der Waals surface area contributed by atoms with Gasteiger partial charge in [-0.05, 0) is 5.56 Å². The first-order valence-corrected chi connectivity index (χ1v) is 6.69. The van der Waals surface area contributed by atoms with Crippen molar-refractivity contribution in [1.29, 1.82) is 0 Å². The van der Waals surface area contributed by atoms with Crippen LogP contribution >= 0.6 is 0 Å². The van der Waals surface area contributed by atoms with E-state index in [1.807, 2.05) is 30.3 Å². The van der Waals surface area contributed by atoms with E-state index in [9.17, 15) is 9.59 Å². The summed E-state index contributed by atoms with van der Waals surface area (Å²) in [5.41, 5.74) is 1.01. The van der Waals surface area contributed by atoms with E-state index >= 15 is 0 Å². The van der Waals surface area contributed by atoms with Gasteiger partial charge in [-0.1, -0.05) is 36.4 Å². The van der Waals surface area contributed by atoms with Gasteiger partial charge < -0.3 is 9.64 Å². The molecule has 1 aliphatic rings. The van der Waals surface area contributed by atoms with Gasteiger partial charge in [0.1, 0.15) is 6.04 Å². The quantitative estimate of drug-likeness (QED) is 0.607. The van der Waals surface area contributed by atoms with Crippen molar-refractivity contribution in [2.45, 2.75) is 18.9 Å². The number of ether oxygens (including phenoxy) is 1. The zero-order valence-electron chi connectivity index (χ0n) is 11.6. The average Bonchev–Trinajstić information content (AvgIpc) is 2.86. The third-order valence-corrected chi connectivity index (χ3v) is 3.64. The zero-order valence-corrected chi connectivity index (χ0v) is 11.6. The second kappa shape index (κ2) is 6.37. The number of esters is 1. The third-order valence-electron chi connectivity index (χ3n) is 3.64. The van der Waals surface area contributed by atoms with Crippen LogP contribution in [0.3, 0.4) is 0 Å². The van der Waals surface area contributed by atoms with Gasteiger partial charge in [0.15, 0.2) is 0 Å². The summed E-state index contributed by atoms with van der Waals surface area (Å²) in [4.78, 5) is 25.7. The van der Waals surface area contributed by atoms with Crippen molar-refractivity contribution < 1.29 is 14.3 Å². The average molecular weight is 273 g/mol. The van der Waals surface area contributed by atoms with Gasteiger partial charge >= 0.3 is 5.97 Å². The standard InChI is InChI=1S/C16H19NO3/c1-3-12-10-15(18)17(11-12)14(16(19)20-2)9-13-7-5-4-6-8-13/h3-8,12,14H,1,9-11H2,2H3/t12?,14-/m1/s1. The largest absolute Gasteiger partial charge is 0.467 e. The Morgan fingerprint density at radius 2 is 2.20 bits per heavy atom. The van der Waals surface area contributed by atoms with Crippen LogP contribution in [0.1, 0.15) is 12.0 Å². The van der Waals surface area contributed by atoms with E-state index in [4.69, 9.17) is 4.74 Å². The number of benzene rings is 1. The van der Waals surface area contributed by atoms with Crippen molar-refractivity contribution in [3.05, 3.63) is 48.6 Å². The molecule has 106 valence electrons. The Bertz CT molecular complexity index is 498. The molecule has 1 aromatic carbocycles. The van der Waals surface area contributed by atoms with Crippen LogP contribution in [0.2, 0.25) is 0 Å². The van der Waals surface area contributed by atoms with Gasteiger partial charge in [-0.15, -0.1) is 6.58 Å². The molecule has 1 amide bonds. The summed E-state index contributed by atoms with van der Waals surface area (Å²) in [6, 6.07) is 9.10. The predicted octanol–water partition coefficient (Wildman–Crippen LogP) is 1.81. The minimum Gasteiger partial charge on any atom is -0.467 e. The lowest BCUT2D eigenvalue weighted by atomic mass is 10.0. The van der Waals surface area contributed by atoms with Crippen LogP contribution in [0.5, 0.6) is 0 Å². The van der Waals surface area contributed by atoms with Gasteiger partial charge in [-0.25, -0.2) is 4.79 Å². The van der Waals surface area contributed by atoms with Gasteiger partial charge in [0, 0.05) is 25.3 Å². The highest BCUT2D eigenvalue weighted by Crippen LogP contribution is 2.23. The summed E-state index contributed by atoms with van der Waals surface area (Å²) in [5.74, 6) is -0.265. The first kappa shape index (κ1) is 14.3. The van der Waals surface area contributed by atoms with Crippen LogP contribution in [-0.2, 0) is 20.7 Å². The number of methoxy groups -OCH3 is 1. The van der Waals surface area contributed by atoms with Gasteiger partial charge in [0.05, 0.1) is 7.11 Å². The molecule has 1 saturated heterocycles. The van der Waals surface area contributed by atoms with E-state index in [0.29, 0.717) is 19.4 Å². The Kier molecular flexibility index (Phi) is 4.56. The van der Waals surface area contributed by atoms with Crippen LogP contribution in [0, 0.1) is 5.92 Å². The topological polar surface area (TPSA) is 46.6 Å². The number of hydrogen-bond donors (Lipinski definition) is 0. The Balaban J connectivity index is 2.18. The normalized spacial score (nSPS) is 19.8. The van der Waals surface area contributed by atoms with Gasteiger partial charge in [-0.2, -0.15) is 0 Å². The molecule has 0 aromatic heterocycles. The van der Waals surface area contributed by atoms with Crippen molar-refractivity contribution >= 4 is 11.9 Å². The van der Waals surface area contributed by atoms with E-state index in [0.717, 1.165) is 5.56 Å². The minimum absolute atomic E-state index is 0.0127. The molecule has 1 heterocycles. The first-order valence-electron chi connectivity index (χ1n) is 6.69. The molecular weight excluding hydrogens is 254 g/mol. The van der Waals surface area contributed by atoms with Crippen LogP contribution in [-0.4, -0.2) is 36.5 Å². The van der Waals surface area contributed by atoms with E-state index in [2.05, 4.69) is 6.58 Å². The number of likely N-dealkylation sites (tertiary alicyclic amines) is 1. The SMILES string of the molecule is C=CC1CC(=O)N([C@H](Cc2ccccc2)C(=O)OC)C1. The highest BCUT2D eigenvalue weighted by Gasteiger charge is 2.37. The summed E-state index contributed by atoms with van der Waals surface area (Å²) in [6.45, 7) is 4.26. The molecule has 1 aromatic rings. The fourth-order valence-electron chi connectivity index (χ4n) is 2.51. The van der Waals surface area contributed by atoms with E-state index in [-0.39, 0.29) is 17.8 Å². The van der Waals surface area contributed by atoms with Crippen molar-refractivity contribution in [2.75, 3.05) is 13.7 Å². The molecule has 0 radical (unpaired) electrons. The Labute approximate surface area is 119 Å². The molecule has 4 heteroatoms. The Hall–Kier alpha value is -2.10. The lowest BCUT2D eigenvalue weighted by molar-refractivity contribution is -0.151. The molecule has 0 bridgehead atoms. The van der Waals surface area contributed by atoms with Crippen molar-refractivity contribution in [3.8, 4) is 0 Å². The highest BCUT2D eigenvalue weighted by molar-refractivity contribution is 5.86. The molecule has 1 unspecified atom stereocenters. The first-order chi connectivity index (χ1) is 9.65. The Morgan fingerprint density at radius 3 is 2.75 bits per heavy atom.